The van der Waals surface area contributed by atoms with Crippen molar-refractivity contribution in [1.29, 1.82) is 0 Å². The molecule has 0 saturated carbocycles. The van der Waals surface area contributed by atoms with Crippen molar-refractivity contribution in [2.45, 2.75) is 59.3 Å². The minimum Gasteiger partial charge on any atom is -0.481 e. The molecule has 0 bridgehead atoms. The van der Waals surface area contributed by atoms with Crippen LogP contribution in [0.25, 0.3) is 0 Å². The summed E-state index contributed by atoms with van der Waals surface area (Å²) in [6.07, 6.45) is 2.07. The van der Waals surface area contributed by atoms with E-state index in [4.69, 9.17) is 14.6 Å². The van der Waals surface area contributed by atoms with E-state index in [9.17, 15) is 14.4 Å². The largest absolute Gasteiger partial charge is 0.481 e. The Bertz CT molecular complexity index is 1040. The second kappa shape index (κ2) is 7.87. The maximum Gasteiger partial charge on any atom is 0.341 e. The first-order valence-corrected chi connectivity index (χ1v) is 11.5. The van der Waals surface area contributed by atoms with Crippen molar-refractivity contribution in [3.63, 3.8) is 0 Å². The van der Waals surface area contributed by atoms with Gasteiger partial charge in [0.15, 0.2) is 18.2 Å². The van der Waals surface area contributed by atoms with Crippen LogP contribution >= 0.6 is 15.9 Å². The Morgan fingerprint density at radius 1 is 1.03 bits per heavy atom. The zero-order valence-electron chi connectivity index (χ0n) is 18.7. The minimum absolute atomic E-state index is 0.00719. The quantitative estimate of drug-likeness (QED) is 0.599. The molecule has 6 nitrogen and oxygen atoms in total. The van der Waals surface area contributed by atoms with Crippen LogP contribution in [0, 0.1) is 10.8 Å². The third-order valence-corrected chi connectivity index (χ3v) is 6.84. The number of carboxylic acids is 1. The molecule has 1 aromatic carbocycles. The second-order valence-corrected chi connectivity index (χ2v) is 11.3. The normalized spacial score (nSPS) is 22.3. The van der Waals surface area contributed by atoms with Crippen LogP contribution in [0.15, 0.2) is 45.3 Å². The summed E-state index contributed by atoms with van der Waals surface area (Å²) in [5.41, 5.74) is 1.51. The molecule has 1 N–H and O–H groups in total. The molecule has 0 radical (unpaired) electrons. The van der Waals surface area contributed by atoms with Crippen molar-refractivity contribution < 1.29 is 29.0 Å². The number of ketones is 2. The predicted octanol–water partition coefficient (Wildman–Crippen LogP) is 5.31. The summed E-state index contributed by atoms with van der Waals surface area (Å²) < 4.78 is 12.2. The molecular formula is C25H27BrO6. The molecule has 0 amide bonds. The topological polar surface area (TPSA) is 89.9 Å². The molecule has 4 rings (SSSR count). The van der Waals surface area contributed by atoms with Crippen LogP contribution in [0.5, 0.6) is 5.75 Å². The predicted molar refractivity (Wildman–Crippen MR) is 121 cm³/mol. The Kier molecular flexibility index (Phi) is 5.60. The van der Waals surface area contributed by atoms with E-state index in [-0.39, 0.29) is 22.4 Å². The number of aliphatic carboxylic acids is 1. The molecule has 1 aliphatic heterocycles. The summed E-state index contributed by atoms with van der Waals surface area (Å²) in [6, 6.07) is 5.28. The fraction of sp³-hybridized carbons (Fsp3) is 0.480. The van der Waals surface area contributed by atoms with Gasteiger partial charge in [0, 0.05) is 42.7 Å². The fourth-order valence-corrected chi connectivity index (χ4v) is 5.47. The Labute approximate surface area is 195 Å². The average molecular weight is 503 g/mol. The highest BCUT2D eigenvalue weighted by Crippen LogP contribution is 2.53. The molecule has 1 aromatic rings. The van der Waals surface area contributed by atoms with Crippen LogP contribution in [-0.4, -0.2) is 29.2 Å². The molecule has 0 aromatic heterocycles. The number of ether oxygens (including phenoxy) is 2. The highest BCUT2D eigenvalue weighted by atomic mass is 79.9. The monoisotopic (exact) mass is 502 g/mol. The highest BCUT2D eigenvalue weighted by molar-refractivity contribution is 9.10. The van der Waals surface area contributed by atoms with E-state index in [1.54, 1.807) is 12.1 Å². The summed E-state index contributed by atoms with van der Waals surface area (Å²) >= 11 is 3.46. The fourth-order valence-electron chi connectivity index (χ4n) is 4.96. The van der Waals surface area contributed by atoms with Crippen LogP contribution in [-0.2, 0) is 19.1 Å². The van der Waals surface area contributed by atoms with Crippen LogP contribution in [0.2, 0.25) is 0 Å². The van der Waals surface area contributed by atoms with E-state index in [0.717, 1.165) is 5.56 Å². The summed E-state index contributed by atoms with van der Waals surface area (Å²) in [4.78, 5) is 37.4. The molecule has 7 heteroatoms. The van der Waals surface area contributed by atoms with Gasteiger partial charge >= 0.3 is 5.97 Å². The minimum atomic E-state index is -1.07. The first-order valence-electron chi connectivity index (χ1n) is 10.7. The Balaban J connectivity index is 1.83. The third-order valence-electron chi connectivity index (χ3n) is 6.22. The number of rotatable bonds is 4. The molecule has 0 fully saturated rings. The van der Waals surface area contributed by atoms with Crippen molar-refractivity contribution in [1.82, 2.24) is 0 Å². The maximum absolute atomic E-state index is 13.3. The number of benzene rings is 1. The van der Waals surface area contributed by atoms with Gasteiger partial charge < -0.3 is 14.6 Å². The van der Waals surface area contributed by atoms with Gasteiger partial charge in [-0.05, 0) is 44.5 Å². The number of carbonyl (C=O) groups excluding carboxylic acids is 2. The van der Waals surface area contributed by atoms with Gasteiger partial charge in [-0.1, -0.05) is 33.8 Å². The van der Waals surface area contributed by atoms with Crippen molar-refractivity contribution >= 4 is 33.5 Å². The highest BCUT2D eigenvalue weighted by Gasteiger charge is 2.47. The van der Waals surface area contributed by atoms with Gasteiger partial charge in [0.2, 0.25) is 0 Å². The van der Waals surface area contributed by atoms with Crippen LogP contribution in [0.3, 0.4) is 0 Å². The number of Topliss-reactive ketones (excluding diaryl/α,β-unsaturated/α-hetero) is 2. The van der Waals surface area contributed by atoms with Crippen molar-refractivity contribution in [2.75, 3.05) is 6.61 Å². The number of carboxylic acid groups (broad SMARTS) is 1. The summed E-state index contributed by atoms with van der Waals surface area (Å²) in [5, 5.41) is 8.88. The van der Waals surface area contributed by atoms with Crippen LogP contribution in [0.1, 0.15) is 64.9 Å². The zero-order chi connectivity index (χ0) is 23.4. The Morgan fingerprint density at radius 3 is 2.03 bits per heavy atom. The lowest BCUT2D eigenvalue weighted by Crippen LogP contribution is -2.37. The molecule has 32 heavy (non-hydrogen) atoms. The molecule has 2 aliphatic carbocycles. The summed E-state index contributed by atoms with van der Waals surface area (Å²) in [5.74, 6) is 0.177. The second-order valence-electron chi connectivity index (χ2n) is 10.5. The number of carbonyl (C=O) groups is 3. The lowest BCUT2D eigenvalue weighted by atomic mass is 9.65. The summed E-state index contributed by atoms with van der Waals surface area (Å²) in [6.45, 7) is 7.76. The molecule has 1 heterocycles. The van der Waals surface area contributed by atoms with Crippen LogP contribution < -0.4 is 4.74 Å². The van der Waals surface area contributed by atoms with Gasteiger partial charge in [-0.25, -0.2) is 4.79 Å². The van der Waals surface area contributed by atoms with E-state index in [0.29, 0.717) is 58.6 Å². The molecular weight excluding hydrogens is 476 g/mol. The zero-order valence-corrected chi connectivity index (χ0v) is 20.3. The molecule has 0 spiro atoms. The van der Waals surface area contributed by atoms with Gasteiger partial charge in [0.05, 0.1) is 4.47 Å². The standard InChI is InChI=1S/C25H27BrO6/c1-24(2)8-15(27)22-18(10-24)32-19-11-25(3,4)9-16(28)23(19)21(22)13-5-6-17(14(26)7-13)31-12-20(29)30/h5-7,21H,8-12H2,1-4H3,(H,29,30). The van der Waals surface area contributed by atoms with Crippen molar-refractivity contribution in [3.05, 3.63) is 50.9 Å². The lowest BCUT2D eigenvalue weighted by molar-refractivity contribution is -0.139. The number of hydrogen-bond donors (Lipinski definition) is 1. The Hall–Kier alpha value is -2.41. The summed E-state index contributed by atoms with van der Waals surface area (Å²) in [7, 11) is 0. The Morgan fingerprint density at radius 2 is 1.56 bits per heavy atom. The van der Waals surface area contributed by atoms with Gasteiger partial charge in [-0.3, -0.25) is 9.59 Å². The number of hydrogen-bond acceptors (Lipinski definition) is 5. The van der Waals surface area contributed by atoms with Gasteiger partial charge in [0.25, 0.3) is 0 Å². The number of halogens is 1. The van der Waals surface area contributed by atoms with E-state index in [1.165, 1.54) is 0 Å². The molecule has 0 unspecified atom stereocenters. The van der Waals surface area contributed by atoms with Crippen LogP contribution in [0.4, 0.5) is 0 Å². The van der Waals surface area contributed by atoms with Crippen molar-refractivity contribution in [3.8, 4) is 5.75 Å². The van der Waals surface area contributed by atoms with E-state index in [1.807, 2.05) is 6.07 Å². The molecule has 170 valence electrons. The lowest BCUT2D eigenvalue weighted by Gasteiger charge is -2.42. The van der Waals surface area contributed by atoms with E-state index < -0.39 is 18.5 Å². The third kappa shape index (κ3) is 4.27. The molecule has 0 atom stereocenters. The number of allylic oxidation sites excluding steroid dienone is 4. The van der Waals surface area contributed by atoms with Crippen molar-refractivity contribution in [2.24, 2.45) is 10.8 Å². The van der Waals surface area contributed by atoms with E-state index in [2.05, 4.69) is 43.6 Å². The van der Waals surface area contributed by atoms with E-state index >= 15 is 0 Å². The van der Waals surface area contributed by atoms with Gasteiger partial charge in [0.1, 0.15) is 17.3 Å². The average Bonchev–Trinajstić information content (AvgIpc) is 2.63. The molecule has 0 saturated heterocycles. The molecule has 3 aliphatic rings. The maximum atomic E-state index is 13.3. The van der Waals surface area contributed by atoms with Gasteiger partial charge in [-0.2, -0.15) is 0 Å². The smallest absolute Gasteiger partial charge is 0.341 e. The SMILES string of the molecule is CC1(C)CC(=O)C2=C(C1)OC1=C(C(=O)CC(C)(C)C1)C2c1ccc(OCC(=O)O)c(Br)c1. The first kappa shape index (κ1) is 22.8. The first-order chi connectivity index (χ1) is 14.9. The van der Waals surface area contributed by atoms with Gasteiger partial charge in [-0.15, -0.1) is 0 Å².